The Morgan fingerprint density at radius 3 is 2.72 bits per heavy atom. The van der Waals surface area contributed by atoms with Gasteiger partial charge in [-0.3, -0.25) is 4.79 Å². The van der Waals surface area contributed by atoms with Gasteiger partial charge in [0, 0.05) is 0 Å². The molecular formula is C14H16O2S2. The van der Waals surface area contributed by atoms with E-state index in [1.54, 1.807) is 13.8 Å². The predicted molar refractivity (Wildman–Crippen MR) is 81.8 cm³/mol. The molecule has 0 aliphatic carbocycles. The maximum Gasteiger partial charge on any atom is 0.319 e. The number of hydrogen-bond donors (Lipinski definition) is 0. The van der Waals surface area contributed by atoms with Crippen molar-refractivity contribution < 1.29 is 9.53 Å². The fourth-order valence-corrected chi connectivity index (χ4v) is 2.41. The highest BCUT2D eigenvalue weighted by Crippen LogP contribution is 2.16. The average molecular weight is 280 g/mol. The van der Waals surface area contributed by atoms with E-state index >= 15 is 0 Å². The van der Waals surface area contributed by atoms with Crippen LogP contribution in [0.15, 0.2) is 36.4 Å². The second kappa shape index (κ2) is 8.06. The van der Waals surface area contributed by atoms with Crippen LogP contribution in [0.2, 0.25) is 0 Å². The molecule has 0 N–H and O–H groups in total. The Hall–Kier alpha value is -1.13. The molecule has 1 unspecified atom stereocenters. The van der Waals surface area contributed by atoms with Crippen LogP contribution in [0.5, 0.6) is 0 Å². The lowest BCUT2D eigenvalue weighted by molar-refractivity contribution is -0.142. The molecule has 1 atom stereocenters. The number of thioether (sulfide) groups is 1. The topological polar surface area (TPSA) is 26.3 Å². The third-order valence-electron chi connectivity index (χ3n) is 2.12. The first-order chi connectivity index (χ1) is 8.63. The summed E-state index contributed by atoms with van der Waals surface area (Å²) in [7, 11) is 0. The van der Waals surface area contributed by atoms with Gasteiger partial charge in [-0.15, -0.1) is 0 Å². The maximum absolute atomic E-state index is 11.4. The molecule has 0 fully saturated rings. The Balaban J connectivity index is 2.47. The highest BCUT2D eigenvalue weighted by Gasteiger charge is 2.15. The van der Waals surface area contributed by atoms with Crippen molar-refractivity contribution in [2.75, 3.05) is 6.61 Å². The van der Waals surface area contributed by atoms with Crippen LogP contribution in [0.4, 0.5) is 0 Å². The molecule has 0 amide bonds. The summed E-state index contributed by atoms with van der Waals surface area (Å²) in [6.07, 6.45) is 3.78. The molecule has 0 aromatic heterocycles. The summed E-state index contributed by atoms with van der Waals surface area (Å²) >= 11 is 6.54. The van der Waals surface area contributed by atoms with Gasteiger partial charge in [0.15, 0.2) is 0 Å². The number of hydrogen-bond acceptors (Lipinski definition) is 4. The van der Waals surface area contributed by atoms with Crippen LogP contribution >= 0.6 is 24.0 Å². The third kappa shape index (κ3) is 5.47. The number of esters is 1. The third-order valence-corrected chi connectivity index (χ3v) is 3.46. The Morgan fingerprint density at radius 2 is 2.11 bits per heavy atom. The van der Waals surface area contributed by atoms with Crippen LogP contribution in [-0.4, -0.2) is 22.0 Å². The minimum absolute atomic E-state index is 0.224. The van der Waals surface area contributed by atoms with E-state index in [0.717, 1.165) is 5.56 Å². The van der Waals surface area contributed by atoms with E-state index in [0.29, 0.717) is 10.8 Å². The lowest BCUT2D eigenvalue weighted by Crippen LogP contribution is -2.17. The largest absolute Gasteiger partial charge is 0.465 e. The quantitative estimate of drug-likeness (QED) is 0.466. The Bertz CT molecular complexity index is 427. The van der Waals surface area contributed by atoms with Crippen LogP contribution in [0.3, 0.4) is 0 Å². The van der Waals surface area contributed by atoms with Crippen LogP contribution in [0, 0.1) is 0 Å². The van der Waals surface area contributed by atoms with Crippen molar-refractivity contribution in [3.63, 3.8) is 0 Å². The molecule has 1 aromatic rings. The first kappa shape index (κ1) is 14.9. The number of benzene rings is 1. The molecule has 0 radical (unpaired) electrons. The van der Waals surface area contributed by atoms with Crippen molar-refractivity contribution in [2.24, 2.45) is 0 Å². The van der Waals surface area contributed by atoms with Crippen LogP contribution in [0.25, 0.3) is 6.08 Å². The van der Waals surface area contributed by atoms with Gasteiger partial charge in [0.25, 0.3) is 0 Å². The summed E-state index contributed by atoms with van der Waals surface area (Å²) in [5, 5.41) is -0.266. The van der Waals surface area contributed by atoms with Gasteiger partial charge in [-0.2, -0.15) is 0 Å². The summed E-state index contributed by atoms with van der Waals surface area (Å²) < 4.78 is 5.60. The molecule has 0 saturated heterocycles. The minimum atomic E-state index is -0.266. The van der Waals surface area contributed by atoms with Gasteiger partial charge < -0.3 is 4.74 Å². The van der Waals surface area contributed by atoms with Crippen LogP contribution < -0.4 is 0 Å². The second-order valence-corrected chi connectivity index (χ2v) is 5.66. The average Bonchev–Trinajstić information content (AvgIpc) is 2.38. The Morgan fingerprint density at radius 1 is 1.44 bits per heavy atom. The zero-order chi connectivity index (χ0) is 13.4. The summed E-state index contributed by atoms with van der Waals surface area (Å²) in [5.74, 6) is -0.224. The highest BCUT2D eigenvalue weighted by molar-refractivity contribution is 8.24. The van der Waals surface area contributed by atoms with Gasteiger partial charge in [0.1, 0.15) is 5.25 Å². The van der Waals surface area contributed by atoms with Crippen molar-refractivity contribution in [3.05, 3.63) is 42.0 Å². The molecule has 2 nitrogen and oxygen atoms in total. The number of ether oxygens (including phenoxy) is 1. The molecule has 0 bridgehead atoms. The number of thiocarbonyl (C=S) groups is 1. The Labute approximate surface area is 117 Å². The monoisotopic (exact) mass is 280 g/mol. The molecule has 18 heavy (non-hydrogen) atoms. The van der Waals surface area contributed by atoms with Crippen LogP contribution in [0.1, 0.15) is 19.4 Å². The molecule has 0 saturated carbocycles. The summed E-state index contributed by atoms with van der Waals surface area (Å²) in [6.45, 7) is 3.99. The van der Waals surface area contributed by atoms with Crippen molar-refractivity contribution in [3.8, 4) is 0 Å². The number of carbonyl (C=O) groups is 1. The summed E-state index contributed by atoms with van der Waals surface area (Å²) in [4.78, 5) is 11.4. The van der Waals surface area contributed by atoms with E-state index in [9.17, 15) is 4.79 Å². The maximum atomic E-state index is 11.4. The fraction of sp³-hybridized carbons (Fsp3) is 0.286. The van der Waals surface area contributed by atoms with Crippen LogP contribution in [-0.2, 0) is 9.53 Å². The summed E-state index contributed by atoms with van der Waals surface area (Å²) in [6, 6.07) is 9.90. The zero-order valence-corrected chi connectivity index (χ0v) is 12.1. The van der Waals surface area contributed by atoms with Gasteiger partial charge >= 0.3 is 5.97 Å². The predicted octanol–water partition coefficient (Wildman–Crippen LogP) is 3.71. The van der Waals surface area contributed by atoms with Gasteiger partial charge in [-0.05, 0) is 25.5 Å². The lowest BCUT2D eigenvalue weighted by atomic mass is 10.2. The number of carbonyl (C=O) groups excluding carboxylic acids is 1. The van der Waals surface area contributed by atoms with Crippen molar-refractivity contribution in [1.29, 1.82) is 0 Å². The molecule has 0 spiro atoms. The van der Waals surface area contributed by atoms with E-state index in [-0.39, 0.29) is 11.2 Å². The van der Waals surface area contributed by atoms with E-state index < -0.39 is 0 Å². The van der Waals surface area contributed by atoms with E-state index in [1.807, 2.05) is 42.5 Å². The zero-order valence-electron chi connectivity index (χ0n) is 10.5. The molecule has 0 heterocycles. The fourth-order valence-electron chi connectivity index (χ4n) is 1.25. The number of rotatable bonds is 5. The van der Waals surface area contributed by atoms with E-state index in [1.165, 1.54) is 11.8 Å². The highest BCUT2D eigenvalue weighted by atomic mass is 32.2. The SMILES string of the molecule is CCOC(=O)C(C)SC(=S)/C=C/c1ccccc1. The standard InChI is InChI=1S/C14H16O2S2/c1-3-16-14(15)11(2)18-13(17)10-9-12-7-5-4-6-8-12/h4-11H,3H2,1-2H3/b10-9+. The summed E-state index contributed by atoms with van der Waals surface area (Å²) in [5.41, 5.74) is 1.09. The lowest BCUT2D eigenvalue weighted by Gasteiger charge is -2.08. The van der Waals surface area contributed by atoms with Gasteiger partial charge in [0.2, 0.25) is 0 Å². The Kier molecular flexibility index (Phi) is 6.68. The molecule has 0 aliphatic heterocycles. The molecular weight excluding hydrogens is 264 g/mol. The molecule has 96 valence electrons. The normalized spacial score (nSPS) is 12.3. The molecule has 0 aliphatic rings. The first-order valence-corrected chi connectivity index (χ1v) is 7.02. The first-order valence-electron chi connectivity index (χ1n) is 5.74. The minimum Gasteiger partial charge on any atom is -0.465 e. The smallest absolute Gasteiger partial charge is 0.319 e. The molecule has 1 aromatic carbocycles. The molecule has 4 heteroatoms. The molecule has 1 rings (SSSR count). The van der Waals surface area contributed by atoms with E-state index in [4.69, 9.17) is 17.0 Å². The van der Waals surface area contributed by atoms with Crippen molar-refractivity contribution in [2.45, 2.75) is 19.1 Å². The van der Waals surface area contributed by atoms with E-state index in [2.05, 4.69) is 0 Å². The van der Waals surface area contributed by atoms with Crippen molar-refractivity contribution >= 4 is 40.2 Å². The van der Waals surface area contributed by atoms with Gasteiger partial charge in [-0.1, -0.05) is 60.4 Å². The second-order valence-electron chi connectivity index (χ2n) is 3.58. The van der Waals surface area contributed by atoms with Gasteiger partial charge in [-0.25, -0.2) is 0 Å². The van der Waals surface area contributed by atoms with Crippen molar-refractivity contribution in [1.82, 2.24) is 0 Å². The van der Waals surface area contributed by atoms with Gasteiger partial charge in [0.05, 0.1) is 10.8 Å².